The maximum Gasteiger partial charge on any atom is 0.234 e. The maximum absolute atomic E-state index is 12.5. The molecule has 7 nitrogen and oxygen atoms in total. The van der Waals surface area contributed by atoms with Gasteiger partial charge in [0.2, 0.25) is 11.9 Å². The van der Waals surface area contributed by atoms with E-state index in [1.807, 2.05) is 48.5 Å². The lowest BCUT2D eigenvalue weighted by Crippen LogP contribution is -2.39. The van der Waals surface area contributed by atoms with Crippen LogP contribution in [-0.2, 0) is 11.3 Å². The number of aromatic nitrogens is 2. The molecule has 0 radical (unpaired) electrons. The zero-order valence-electron chi connectivity index (χ0n) is 18.1. The van der Waals surface area contributed by atoms with E-state index < -0.39 is 0 Å². The van der Waals surface area contributed by atoms with Gasteiger partial charge in [0, 0.05) is 32.7 Å². The van der Waals surface area contributed by atoms with Gasteiger partial charge in [0.25, 0.3) is 0 Å². The number of rotatable bonds is 8. The van der Waals surface area contributed by atoms with E-state index in [0.29, 0.717) is 19.7 Å². The number of carbonyl (C=O) groups excluding carboxylic acids is 1. The molecule has 0 unspecified atom stereocenters. The molecule has 3 aromatic rings. The number of carbonyl (C=O) groups is 1. The number of anilines is 1. The average Bonchev–Trinajstić information content (AvgIpc) is 3.09. The first-order valence-corrected chi connectivity index (χ1v) is 11.1. The van der Waals surface area contributed by atoms with Gasteiger partial charge in [-0.2, -0.15) is 0 Å². The molecule has 1 aliphatic rings. The zero-order valence-corrected chi connectivity index (χ0v) is 18.1. The molecule has 2 N–H and O–H groups in total. The van der Waals surface area contributed by atoms with Gasteiger partial charge in [0.15, 0.2) is 0 Å². The smallest absolute Gasteiger partial charge is 0.234 e. The number of aromatic amines is 1. The quantitative estimate of drug-likeness (QED) is 0.584. The molecule has 1 fully saturated rings. The molecule has 31 heavy (non-hydrogen) atoms. The summed E-state index contributed by atoms with van der Waals surface area (Å²) in [5.41, 5.74) is 3.10. The Bertz CT molecular complexity index is 969. The summed E-state index contributed by atoms with van der Waals surface area (Å²) in [5, 5.41) is 3.04. The Morgan fingerprint density at radius 2 is 2.03 bits per heavy atom. The molecule has 164 valence electrons. The molecule has 2 aromatic carbocycles. The van der Waals surface area contributed by atoms with E-state index >= 15 is 0 Å². The molecule has 7 heteroatoms. The number of benzene rings is 2. The Morgan fingerprint density at radius 3 is 2.90 bits per heavy atom. The van der Waals surface area contributed by atoms with Gasteiger partial charge in [-0.05, 0) is 42.7 Å². The molecular formula is C24H31N5O2. The molecular weight excluding hydrogens is 390 g/mol. The minimum atomic E-state index is 0.0528. The van der Waals surface area contributed by atoms with Crippen LogP contribution in [0.15, 0.2) is 48.5 Å². The number of para-hydroxylation sites is 2. The highest BCUT2D eigenvalue weighted by atomic mass is 16.5. The predicted molar refractivity (Wildman–Crippen MR) is 123 cm³/mol. The molecule has 0 spiro atoms. The van der Waals surface area contributed by atoms with Crippen LogP contribution in [-0.4, -0.2) is 60.1 Å². The summed E-state index contributed by atoms with van der Waals surface area (Å²) < 4.78 is 5.67. The van der Waals surface area contributed by atoms with E-state index in [1.54, 1.807) is 0 Å². The number of hydrogen-bond donors (Lipinski definition) is 2. The van der Waals surface area contributed by atoms with Gasteiger partial charge in [-0.3, -0.25) is 9.69 Å². The van der Waals surface area contributed by atoms with Gasteiger partial charge in [-0.15, -0.1) is 0 Å². The molecule has 1 saturated heterocycles. The standard InChI is InChI=1S/C24H31N5O2/c1-2-15-31-20-8-5-7-19(16-20)17-25-23(30)18-28-11-6-12-29(14-13-28)24-26-21-9-3-4-10-22(21)27-24/h3-5,7-10,16H,2,6,11-15,17-18H2,1H3,(H,25,30)(H,26,27). The normalized spacial score (nSPS) is 15.1. The fraction of sp³-hybridized carbons (Fsp3) is 0.417. The number of H-pyrrole nitrogens is 1. The third kappa shape index (κ3) is 5.76. The van der Waals surface area contributed by atoms with Crippen molar-refractivity contribution in [2.24, 2.45) is 0 Å². The highest BCUT2D eigenvalue weighted by molar-refractivity contribution is 5.78. The summed E-state index contributed by atoms with van der Waals surface area (Å²) in [5.74, 6) is 1.82. The van der Waals surface area contributed by atoms with Crippen LogP contribution in [0.4, 0.5) is 5.95 Å². The van der Waals surface area contributed by atoms with Crippen LogP contribution in [0.1, 0.15) is 25.3 Å². The third-order valence-electron chi connectivity index (χ3n) is 5.49. The van der Waals surface area contributed by atoms with Crippen LogP contribution in [0, 0.1) is 0 Å². The number of hydrogen-bond acceptors (Lipinski definition) is 5. The van der Waals surface area contributed by atoms with Crippen LogP contribution in [0.2, 0.25) is 0 Å². The zero-order chi connectivity index (χ0) is 21.5. The first-order valence-electron chi connectivity index (χ1n) is 11.1. The maximum atomic E-state index is 12.5. The number of fused-ring (bicyclic) bond motifs is 1. The lowest BCUT2D eigenvalue weighted by Gasteiger charge is -2.21. The topological polar surface area (TPSA) is 73.5 Å². The van der Waals surface area contributed by atoms with Crippen LogP contribution >= 0.6 is 0 Å². The Kier molecular flexibility index (Phi) is 7.04. The third-order valence-corrected chi connectivity index (χ3v) is 5.49. The average molecular weight is 422 g/mol. The van der Waals surface area contributed by atoms with E-state index in [-0.39, 0.29) is 5.91 Å². The number of nitrogens with zero attached hydrogens (tertiary/aromatic N) is 3. The molecule has 0 bridgehead atoms. The highest BCUT2D eigenvalue weighted by Crippen LogP contribution is 2.18. The molecule has 0 atom stereocenters. The molecule has 0 aliphatic carbocycles. The van der Waals surface area contributed by atoms with Crippen LogP contribution in [0.3, 0.4) is 0 Å². The number of amides is 1. The number of imidazole rings is 1. The summed E-state index contributed by atoms with van der Waals surface area (Å²) in [4.78, 5) is 25.1. The van der Waals surface area contributed by atoms with Gasteiger partial charge in [0.05, 0.1) is 24.2 Å². The summed E-state index contributed by atoms with van der Waals surface area (Å²) in [7, 11) is 0. The summed E-state index contributed by atoms with van der Waals surface area (Å²) in [6.07, 6.45) is 1.98. The molecule has 1 aliphatic heterocycles. The second-order valence-electron chi connectivity index (χ2n) is 7.97. The largest absolute Gasteiger partial charge is 0.494 e. The van der Waals surface area contributed by atoms with Gasteiger partial charge in [-0.25, -0.2) is 4.98 Å². The van der Waals surface area contributed by atoms with E-state index in [0.717, 1.165) is 67.3 Å². The summed E-state index contributed by atoms with van der Waals surface area (Å²) in [6, 6.07) is 16.0. The van der Waals surface area contributed by atoms with E-state index in [2.05, 4.69) is 27.0 Å². The lowest BCUT2D eigenvalue weighted by atomic mass is 10.2. The van der Waals surface area contributed by atoms with Crippen molar-refractivity contribution in [3.05, 3.63) is 54.1 Å². The van der Waals surface area contributed by atoms with E-state index in [4.69, 9.17) is 9.72 Å². The van der Waals surface area contributed by atoms with Gasteiger partial charge < -0.3 is 19.9 Å². The van der Waals surface area contributed by atoms with Crippen molar-refractivity contribution in [2.45, 2.75) is 26.3 Å². The van der Waals surface area contributed by atoms with Gasteiger partial charge in [-0.1, -0.05) is 31.2 Å². The van der Waals surface area contributed by atoms with Crippen molar-refractivity contribution in [1.29, 1.82) is 0 Å². The Labute approximate surface area is 183 Å². The van der Waals surface area contributed by atoms with Crippen molar-refractivity contribution in [3.63, 3.8) is 0 Å². The molecule has 1 amide bonds. The van der Waals surface area contributed by atoms with Gasteiger partial charge >= 0.3 is 0 Å². The minimum absolute atomic E-state index is 0.0528. The van der Waals surface area contributed by atoms with Crippen molar-refractivity contribution < 1.29 is 9.53 Å². The van der Waals surface area contributed by atoms with Crippen LogP contribution in [0.25, 0.3) is 11.0 Å². The monoisotopic (exact) mass is 421 g/mol. The lowest BCUT2D eigenvalue weighted by molar-refractivity contribution is -0.122. The van der Waals surface area contributed by atoms with Crippen molar-refractivity contribution in [1.82, 2.24) is 20.2 Å². The van der Waals surface area contributed by atoms with Crippen molar-refractivity contribution in [3.8, 4) is 5.75 Å². The first-order chi connectivity index (χ1) is 15.2. The summed E-state index contributed by atoms with van der Waals surface area (Å²) >= 11 is 0. The van der Waals surface area contributed by atoms with E-state index in [9.17, 15) is 4.79 Å². The van der Waals surface area contributed by atoms with Gasteiger partial charge in [0.1, 0.15) is 5.75 Å². The molecule has 0 saturated carbocycles. The Balaban J connectivity index is 1.25. The first kappa shape index (κ1) is 21.2. The molecule has 2 heterocycles. The van der Waals surface area contributed by atoms with E-state index in [1.165, 1.54) is 0 Å². The molecule has 4 rings (SSSR count). The SMILES string of the molecule is CCCOc1cccc(CNC(=O)CN2CCCN(c3nc4ccccc4[nH]3)CC2)c1. The van der Waals surface area contributed by atoms with Crippen LogP contribution in [0.5, 0.6) is 5.75 Å². The fourth-order valence-corrected chi connectivity index (χ4v) is 3.85. The highest BCUT2D eigenvalue weighted by Gasteiger charge is 2.19. The second kappa shape index (κ2) is 10.3. The Morgan fingerprint density at radius 1 is 1.13 bits per heavy atom. The van der Waals surface area contributed by atoms with Crippen molar-refractivity contribution in [2.75, 3.05) is 44.2 Å². The second-order valence-corrected chi connectivity index (χ2v) is 7.97. The Hall–Kier alpha value is -3.06. The summed E-state index contributed by atoms with van der Waals surface area (Å²) in [6.45, 7) is 7.25. The minimum Gasteiger partial charge on any atom is -0.494 e. The predicted octanol–water partition coefficient (Wildman–Crippen LogP) is 3.18. The number of ether oxygens (including phenoxy) is 1. The fourth-order valence-electron chi connectivity index (χ4n) is 3.85. The van der Waals surface area contributed by atoms with Crippen molar-refractivity contribution >= 4 is 22.9 Å². The number of nitrogens with one attached hydrogen (secondary N) is 2. The molecule has 1 aromatic heterocycles. The van der Waals surface area contributed by atoms with Crippen LogP contribution < -0.4 is 15.0 Å².